The number of hydrogen-bond donors (Lipinski definition) is 0. The average Bonchev–Trinajstić information content (AvgIpc) is 2.35. The first-order valence-corrected chi connectivity index (χ1v) is 6.19. The third-order valence-corrected chi connectivity index (χ3v) is 3.41. The van der Waals surface area contributed by atoms with Gasteiger partial charge in [-0.05, 0) is 41.9 Å². The quantitative estimate of drug-likeness (QED) is 0.624. The molecule has 3 nitrogen and oxygen atoms in total. The van der Waals surface area contributed by atoms with E-state index in [1.807, 2.05) is 0 Å². The molecule has 1 heterocycles. The van der Waals surface area contributed by atoms with Crippen LogP contribution in [0.2, 0.25) is 0 Å². The van der Waals surface area contributed by atoms with E-state index in [1.165, 1.54) is 19.2 Å². The number of Topliss-reactive ketones (excluding diaryl/α,β-unsaturated/α-hetero) is 1. The van der Waals surface area contributed by atoms with Crippen molar-refractivity contribution in [1.29, 1.82) is 0 Å². The molecule has 0 aliphatic carbocycles. The zero-order valence-corrected chi connectivity index (χ0v) is 11.8. The first kappa shape index (κ1) is 13.7. The molecule has 0 amide bonds. The fourth-order valence-corrected chi connectivity index (χ4v) is 2.14. The van der Waals surface area contributed by atoms with Crippen LogP contribution < -0.4 is 0 Å². The summed E-state index contributed by atoms with van der Waals surface area (Å²) in [6.45, 7) is 3.08. The van der Waals surface area contributed by atoms with Crippen LogP contribution in [0.3, 0.4) is 0 Å². The molecule has 0 saturated heterocycles. The Labute approximate surface area is 116 Å². The lowest BCUT2D eigenvalue weighted by Gasteiger charge is -2.07. The van der Waals surface area contributed by atoms with Crippen molar-refractivity contribution in [2.45, 2.75) is 13.8 Å². The van der Waals surface area contributed by atoms with Gasteiger partial charge >= 0.3 is 0 Å². The molecule has 19 heavy (non-hydrogen) atoms. The van der Waals surface area contributed by atoms with Crippen molar-refractivity contribution in [2.24, 2.45) is 0 Å². The van der Waals surface area contributed by atoms with Crippen molar-refractivity contribution in [3.63, 3.8) is 0 Å². The fraction of sp³-hybridized carbons (Fsp3) is 0.154. The monoisotopic (exact) mass is 326 g/mol. The van der Waals surface area contributed by atoms with Crippen molar-refractivity contribution >= 4 is 21.7 Å². The van der Waals surface area contributed by atoms with E-state index < -0.39 is 11.6 Å². The number of ketones is 1. The summed E-state index contributed by atoms with van der Waals surface area (Å²) in [4.78, 5) is 19.4. The predicted octanol–water partition coefficient (Wildman–Crippen LogP) is 3.70. The lowest BCUT2D eigenvalue weighted by molar-refractivity contribution is 0.101. The zero-order valence-electron chi connectivity index (χ0n) is 10.2. The maximum atomic E-state index is 13.5. The maximum absolute atomic E-state index is 13.5. The highest BCUT2D eigenvalue weighted by atomic mass is 79.9. The fourth-order valence-electron chi connectivity index (χ4n) is 1.64. The third-order valence-electron chi connectivity index (χ3n) is 2.63. The molecule has 0 N–H and O–H groups in total. The van der Waals surface area contributed by atoms with Gasteiger partial charge in [-0.25, -0.2) is 18.7 Å². The number of hydrogen-bond acceptors (Lipinski definition) is 3. The van der Waals surface area contributed by atoms with E-state index in [0.29, 0.717) is 16.8 Å². The Hall–Kier alpha value is -1.69. The molecule has 1 aromatic carbocycles. The molecule has 2 aromatic rings. The molecule has 0 radical (unpaired) electrons. The minimum absolute atomic E-state index is 0.0394. The van der Waals surface area contributed by atoms with E-state index in [1.54, 1.807) is 6.92 Å². The molecule has 6 heteroatoms. The minimum atomic E-state index is -0.991. The Balaban J connectivity index is 2.58. The summed E-state index contributed by atoms with van der Waals surface area (Å²) in [7, 11) is 0. The normalized spacial score (nSPS) is 10.6. The molecule has 1 aromatic heterocycles. The van der Waals surface area contributed by atoms with Gasteiger partial charge in [-0.3, -0.25) is 4.79 Å². The zero-order chi connectivity index (χ0) is 14.2. The van der Waals surface area contributed by atoms with E-state index in [4.69, 9.17) is 0 Å². The summed E-state index contributed by atoms with van der Waals surface area (Å²) in [5.41, 5.74) is 1.23. The molecule has 0 aliphatic heterocycles. The number of benzene rings is 1. The van der Waals surface area contributed by atoms with Gasteiger partial charge in [-0.2, -0.15) is 0 Å². The van der Waals surface area contributed by atoms with Crippen LogP contribution in [0, 0.1) is 18.6 Å². The summed E-state index contributed by atoms with van der Waals surface area (Å²) in [5, 5.41) is 0. The number of rotatable bonds is 2. The van der Waals surface area contributed by atoms with Gasteiger partial charge in [0.25, 0.3) is 0 Å². The summed E-state index contributed by atoms with van der Waals surface area (Å²) < 4.78 is 26.4. The Morgan fingerprint density at radius 2 is 2.00 bits per heavy atom. The first-order chi connectivity index (χ1) is 8.91. The van der Waals surface area contributed by atoms with Crippen molar-refractivity contribution in [2.75, 3.05) is 0 Å². The van der Waals surface area contributed by atoms with Gasteiger partial charge in [0.2, 0.25) is 0 Å². The van der Waals surface area contributed by atoms with Crippen LogP contribution in [0.5, 0.6) is 0 Å². The standard InChI is InChI=1S/C13H9BrF2N2O/c1-6-9(7(2)19)5-17-13(18-6)8-3-4-10(15)12(16)11(8)14/h3-5H,1-2H3. The second-order valence-corrected chi connectivity index (χ2v) is 4.76. The van der Waals surface area contributed by atoms with Crippen LogP contribution in [-0.2, 0) is 0 Å². The largest absolute Gasteiger partial charge is 0.294 e. The van der Waals surface area contributed by atoms with E-state index in [0.717, 1.165) is 6.07 Å². The van der Waals surface area contributed by atoms with Gasteiger partial charge in [0.1, 0.15) is 0 Å². The van der Waals surface area contributed by atoms with Crippen molar-refractivity contribution < 1.29 is 13.6 Å². The number of carbonyl (C=O) groups excluding carboxylic acids is 1. The molecular formula is C13H9BrF2N2O. The highest BCUT2D eigenvalue weighted by molar-refractivity contribution is 9.10. The van der Waals surface area contributed by atoms with Crippen LogP contribution in [-0.4, -0.2) is 15.8 Å². The number of halogens is 3. The van der Waals surface area contributed by atoms with Crippen molar-refractivity contribution in [3.05, 3.63) is 45.7 Å². The molecule has 0 spiro atoms. The Morgan fingerprint density at radius 1 is 1.32 bits per heavy atom. The Bertz CT molecular complexity index is 674. The van der Waals surface area contributed by atoms with Crippen molar-refractivity contribution in [3.8, 4) is 11.4 Å². The lowest BCUT2D eigenvalue weighted by Crippen LogP contribution is -2.03. The lowest BCUT2D eigenvalue weighted by atomic mass is 10.1. The Morgan fingerprint density at radius 3 is 2.58 bits per heavy atom. The molecule has 0 saturated carbocycles. The van der Waals surface area contributed by atoms with Gasteiger partial charge in [0.15, 0.2) is 23.2 Å². The van der Waals surface area contributed by atoms with Gasteiger partial charge in [0.05, 0.1) is 15.7 Å². The molecule has 98 valence electrons. The number of aryl methyl sites for hydroxylation is 1. The van der Waals surface area contributed by atoms with E-state index in [2.05, 4.69) is 25.9 Å². The van der Waals surface area contributed by atoms with Crippen LogP contribution in [0.15, 0.2) is 22.8 Å². The molecule has 0 bridgehead atoms. The molecular weight excluding hydrogens is 318 g/mol. The molecule has 2 rings (SSSR count). The maximum Gasteiger partial charge on any atom is 0.173 e. The van der Waals surface area contributed by atoms with Gasteiger partial charge in [-0.1, -0.05) is 0 Å². The van der Waals surface area contributed by atoms with Crippen LogP contribution in [0.1, 0.15) is 23.0 Å². The highest BCUT2D eigenvalue weighted by Crippen LogP contribution is 2.29. The molecule has 0 atom stereocenters. The van der Waals surface area contributed by atoms with Crippen molar-refractivity contribution in [1.82, 2.24) is 9.97 Å². The van der Waals surface area contributed by atoms with Gasteiger partial charge < -0.3 is 0 Å². The molecule has 0 fully saturated rings. The van der Waals surface area contributed by atoms with E-state index in [-0.39, 0.29) is 16.1 Å². The van der Waals surface area contributed by atoms with Crippen LogP contribution in [0.4, 0.5) is 8.78 Å². The van der Waals surface area contributed by atoms with Gasteiger partial charge in [-0.15, -0.1) is 0 Å². The summed E-state index contributed by atoms with van der Waals surface area (Å²) >= 11 is 2.98. The van der Waals surface area contributed by atoms with Crippen LogP contribution in [0.25, 0.3) is 11.4 Å². The summed E-state index contributed by atoms with van der Waals surface area (Å²) in [5.74, 6) is -1.86. The average molecular weight is 327 g/mol. The van der Waals surface area contributed by atoms with E-state index >= 15 is 0 Å². The summed E-state index contributed by atoms with van der Waals surface area (Å²) in [6.07, 6.45) is 1.38. The minimum Gasteiger partial charge on any atom is -0.294 e. The second kappa shape index (κ2) is 5.13. The number of aromatic nitrogens is 2. The SMILES string of the molecule is CC(=O)c1cnc(-c2ccc(F)c(F)c2Br)nc1C. The second-order valence-electron chi connectivity index (χ2n) is 3.97. The Kier molecular flexibility index (Phi) is 3.71. The summed E-state index contributed by atoms with van der Waals surface area (Å²) in [6, 6.07) is 2.39. The molecule has 0 unspecified atom stereocenters. The third kappa shape index (κ3) is 2.53. The van der Waals surface area contributed by atoms with E-state index in [9.17, 15) is 13.6 Å². The number of carbonyl (C=O) groups is 1. The highest BCUT2D eigenvalue weighted by Gasteiger charge is 2.15. The number of nitrogens with zero attached hydrogens (tertiary/aromatic N) is 2. The van der Waals surface area contributed by atoms with Gasteiger partial charge in [0, 0.05) is 11.8 Å². The topological polar surface area (TPSA) is 42.9 Å². The van der Waals surface area contributed by atoms with Crippen LogP contribution >= 0.6 is 15.9 Å². The predicted molar refractivity (Wildman–Crippen MR) is 69.8 cm³/mol. The first-order valence-electron chi connectivity index (χ1n) is 5.40. The smallest absolute Gasteiger partial charge is 0.173 e. The molecule has 0 aliphatic rings.